The number of aromatic amines is 1. The van der Waals surface area contributed by atoms with Gasteiger partial charge in [-0.3, -0.25) is 19.7 Å². The zero-order valence-electron chi connectivity index (χ0n) is 24.0. The number of hydrogen-bond acceptors (Lipinski definition) is 6. The van der Waals surface area contributed by atoms with Crippen LogP contribution in [-0.2, 0) is 29.0 Å². The Morgan fingerprint density at radius 1 is 1.05 bits per heavy atom. The average Bonchev–Trinajstić information content (AvgIpc) is 3.56. The van der Waals surface area contributed by atoms with Crippen LogP contribution >= 0.6 is 0 Å². The third kappa shape index (κ3) is 5.86. The Kier molecular flexibility index (Phi) is 7.67. The summed E-state index contributed by atoms with van der Waals surface area (Å²) in [6.45, 7) is 4.36. The SMILES string of the molecule is CC(=O)N1CCc2cc(N=C(c3ccc(CCCN4CCCC4=O)cc3)c3c(O)[nH]c4ccc([N+](=O)[O-])cc34)ccc2C1. The number of aliphatic imine (C=N–C) groups is 1. The maximum Gasteiger partial charge on any atom is 0.270 e. The van der Waals surface area contributed by atoms with Crippen LogP contribution in [0.25, 0.3) is 10.9 Å². The number of benzene rings is 3. The molecule has 4 aromatic rings. The van der Waals surface area contributed by atoms with Crippen LogP contribution in [0.2, 0.25) is 0 Å². The van der Waals surface area contributed by atoms with Crippen molar-refractivity contribution in [1.82, 2.24) is 14.8 Å². The molecule has 1 saturated heterocycles. The number of carbonyl (C=O) groups is 2. The fraction of sp³-hybridized carbons (Fsp3) is 0.303. The number of nitro benzene ring substituents is 1. The number of amides is 2. The van der Waals surface area contributed by atoms with Crippen LogP contribution in [0, 0.1) is 10.1 Å². The van der Waals surface area contributed by atoms with Crippen molar-refractivity contribution in [2.75, 3.05) is 19.6 Å². The van der Waals surface area contributed by atoms with Crippen molar-refractivity contribution < 1.29 is 19.6 Å². The number of aromatic nitrogens is 1. The lowest BCUT2D eigenvalue weighted by atomic mass is 9.97. The van der Waals surface area contributed by atoms with E-state index in [1.165, 1.54) is 12.1 Å². The van der Waals surface area contributed by atoms with Crippen molar-refractivity contribution in [2.24, 2.45) is 4.99 Å². The molecule has 43 heavy (non-hydrogen) atoms. The van der Waals surface area contributed by atoms with Crippen LogP contribution in [0.15, 0.2) is 65.7 Å². The minimum atomic E-state index is -0.456. The van der Waals surface area contributed by atoms with Crippen LogP contribution in [0.4, 0.5) is 11.4 Å². The van der Waals surface area contributed by atoms with Gasteiger partial charge < -0.3 is 19.9 Å². The minimum absolute atomic E-state index is 0.0481. The standard InChI is InChI=1S/C33H33N5O5/c1-21(39)37-17-14-24-18-26(11-10-25(24)20-37)34-32(31-28-19-27(38(42)43)12-13-29(28)35-33(31)41)23-8-6-22(7-9-23)4-2-15-36-16-3-5-30(36)40/h6-13,18-19,35,41H,2-5,14-17,20H2,1H3. The number of nitro groups is 1. The molecule has 0 atom stereocenters. The molecule has 0 unspecified atom stereocenters. The van der Waals surface area contributed by atoms with Gasteiger partial charge in [-0.2, -0.15) is 0 Å². The van der Waals surface area contributed by atoms with Crippen LogP contribution in [0.3, 0.4) is 0 Å². The first-order chi connectivity index (χ1) is 20.8. The lowest BCUT2D eigenvalue weighted by molar-refractivity contribution is -0.384. The Balaban J connectivity index is 1.36. The lowest BCUT2D eigenvalue weighted by Gasteiger charge is -2.28. The summed E-state index contributed by atoms with van der Waals surface area (Å²) in [7, 11) is 0. The first kappa shape index (κ1) is 28.1. The first-order valence-electron chi connectivity index (χ1n) is 14.6. The molecule has 0 saturated carbocycles. The third-order valence-corrected chi connectivity index (χ3v) is 8.39. The second-order valence-electron chi connectivity index (χ2n) is 11.2. The summed E-state index contributed by atoms with van der Waals surface area (Å²) < 4.78 is 0. The van der Waals surface area contributed by atoms with E-state index in [0.717, 1.165) is 61.0 Å². The van der Waals surface area contributed by atoms with Crippen molar-refractivity contribution in [3.05, 3.63) is 98.6 Å². The second-order valence-corrected chi connectivity index (χ2v) is 11.2. The molecule has 0 bridgehead atoms. The predicted molar refractivity (Wildman–Crippen MR) is 164 cm³/mol. The number of rotatable bonds is 8. The highest BCUT2D eigenvalue weighted by Crippen LogP contribution is 2.34. The maximum atomic E-state index is 11.9. The molecule has 3 heterocycles. The van der Waals surface area contributed by atoms with Gasteiger partial charge in [0.1, 0.15) is 0 Å². The van der Waals surface area contributed by atoms with Crippen molar-refractivity contribution in [3.8, 4) is 5.88 Å². The molecule has 220 valence electrons. The molecule has 1 fully saturated rings. The van der Waals surface area contributed by atoms with Gasteiger partial charge in [-0.1, -0.05) is 30.3 Å². The number of fused-ring (bicyclic) bond motifs is 2. The summed E-state index contributed by atoms with van der Waals surface area (Å²) in [6.07, 6.45) is 3.98. The van der Waals surface area contributed by atoms with Crippen LogP contribution < -0.4 is 0 Å². The van der Waals surface area contributed by atoms with E-state index in [1.54, 1.807) is 13.0 Å². The molecule has 0 spiro atoms. The van der Waals surface area contributed by atoms with Crippen molar-refractivity contribution >= 4 is 39.8 Å². The van der Waals surface area contributed by atoms with Gasteiger partial charge in [-0.15, -0.1) is 0 Å². The molecular weight excluding hydrogens is 546 g/mol. The lowest BCUT2D eigenvalue weighted by Crippen LogP contribution is -2.34. The molecule has 10 nitrogen and oxygen atoms in total. The highest BCUT2D eigenvalue weighted by molar-refractivity contribution is 6.22. The van der Waals surface area contributed by atoms with Gasteiger partial charge in [0.15, 0.2) is 5.88 Å². The fourth-order valence-electron chi connectivity index (χ4n) is 6.03. The molecule has 0 radical (unpaired) electrons. The van der Waals surface area contributed by atoms with E-state index in [0.29, 0.717) is 47.4 Å². The molecular formula is C33H33N5O5. The number of hydrogen-bond donors (Lipinski definition) is 2. The van der Waals surface area contributed by atoms with Gasteiger partial charge in [0.2, 0.25) is 11.8 Å². The number of aromatic hydroxyl groups is 1. The third-order valence-electron chi connectivity index (χ3n) is 8.39. The Hall–Kier alpha value is -4.99. The number of non-ortho nitro benzene ring substituents is 1. The van der Waals surface area contributed by atoms with Gasteiger partial charge in [-0.25, -0.2) is 4.99 Å². The molecule has 10 heteroatoms. The van der Waals surface area contributed by atoms with E-state index in [4.69, 9.17) is 4.99 Å². The first-order valence-corrected chi connectivity index (χ1v) is 14.6. The molecule has 3 aromatic carbocycles. The van der Waals surface area contributed by atoms with Gasteiger partial charge >= 0.3 is 0 Å². The van der Waals surface area contributed by atoms with Crippen molar-refractivity contribution in [3.63, 3.8) is 0 Å². The van der Waals surface area contributed by atoms with Crippen molar-refractivity contribution in [2.45, 2.75) is 45.6 Å². The van der Waals surface area contributed by atoms with E-state index in [1.807, 2.05) is 52.3 Å². The molecule has 2 amide bonds. The van der Waals surface area contributed by atoms with E-state index in [-0.39, 0.29) is 23.4 Å². The fourth-order valence-corrected chi connectivity index (χ4v) is 6.03. The number of nitrogens with one attached hydrogen (secondary N) is 1. The Bertz CT molecular complexity index is 1760. The maximum absolute atomic E-state index is 11.9. The van der Waals surface area contributed by atoms with Crippen LogP contribution in [0.5, 0.6) is 5.88 Å². The Morgan fingerprint density at radius 2 is 1.86 bits per heavy atom. The molecule has 6 rings (SSSR count). The van der Waals surface area contributed by atoms with Gasteiger partial charge in [0.25, 0.3) is 5.69 Å². The number of carbonyl (C=O) groups excluding carboxylic acids is 2. The van der Waals surface area contributed by atoms with E-state index >= 15 is 0 Å². The van der Waals surface area contributed by atoms with Gasteiger partial charge in [0.05, 0.1) is 21.9 Å². The smallest absolute Gasteiger partial charge is 0.270 e. The van der Waals surface area contributed by atoms with Crippen LogP contribution in [0.1, 0.15) is 54.0 Å². The predicted octanol–water partition coefficient (Wildman–Crippen LogP) is 5.41. The molecule has 0 aliphatic carbocycles. The molecule has 2 aliphatic heterocycles. The van der Waals surface area contributed by atoms with Gasteiger partial charge in [0, 0.05) is 68.1 Å². The summed E-state index contributed by atoms with van der Waals surface area (Å²) in [5, 5.41) is 23.1. The average molecular weight is 580 g/mol. The summed E-state index contributed by atoms with van der Waals surface area (Å²) in [5.41, 5.74) is 6.11. The second kappa shape index (κ2) is 11.7. The van der Waals surface area contributed by atoms with E-state index < -0.39 is 4.92 Å². The summed E-state index contributed by atoms with van der Waals surface area (Å²) in [5.74, 6) is 0.156. The summed E-state index contributed by atoms with van der Waals surface area (Å²) >= 11 is 0. The molecule has 2 N–H and O–H groups in total. The highest BCUT2D eigenvalue weighted by Gasteiger charge is 2.23. The zero-order chi connectivity index (χ0) is 30.1. The number of nitrogens with zero attached hydrogens (tertiary/aromatic N) is 4. The summed E-state index contributed by atoms with van der Waals surface area (Å²) in [6, 6.07) is 18.3. The normalized spacial score (nSPS) is 15.3. The van der Waals surface area contributed by atoms with Crippen LogP contribution in [-0.4, -0.2) is 62.0 Å². The Labute approximate surface area is 248 Å². The highest BCUT2D eigenvalue weighted by atomic mass is 16.6. The summed E-state index contributed by atoms with van der Waals surface area (Å²) in [4.78, 5) is 46.6. The quantitative estimate of drug-likeness (QED) is 0.164. The topological polar surface area (TPSA) is 132 Å². The Morgan fingerprint density at radius 3 is 2.58 bits per heavy atom. The minimum Gasteiger partial charge on any atom is -0.494 e. The van der Waals surface area contributed by atoms with Crippen molar-refractivity contribution in [1.29, 1.82) is 0 Å². The monoisotopic (exact) mass is 579 g/mol. The largest absolute Gasteiger partial charge is 0.494 e. The van der Waals surface area contributed by atoms with E-state index in [2.05, 4.69) is 4.98 Å². The number of aryl methyl sites for hydroxylation is 1. The van der Waals surface area contributed by atoms with Gasteiger partial charge in [-0.05, 0) is 60.6 Å². The van der Waals surface area contributed by atoms with E-state index in [9.17, 15) is 24.8 Å². The zero-order valence-corrected chi connectivity index (χ0v) is 24.0. The molecule has 1 aromatic heterocycles. The number of H-pyrrole nitrogens is 1. The molecule has 2 aliphatic rings. The number of likely N-dealkylation sites (tertiary alicyclic amines) is 1.